The fourth-order valence-corrected chi connectivity index (χ4v) is 3.25. The Morgan fingerprint density at radius 2 is 2.00 bits per heavy atom. The predicted molar refractivity (Wildman–Crippen MR) is 88.7 cm³/mol. The highest BCUT2D eigenvalue weighted by Gasteiger charge is 2.23. The topological polar surface area (TPSA) is 32.3 Å². The Morgan fingerprint density at radius 3 is 2.62 bits per heavy atom. The van der Waals surface area contributed by atoms with Gasteiger partial charge in [-0.1, -0.05) is 19.4 Å². The fourth-order valence-electron chi connectivity index (χ4n) is 3.25. The van der Waals surface area contributed by atoms with E-state index >= 15 is 0 Å². The minimum atomic E-state index is 0.126. The van der Waals surface area contributed by atoms with Gasteiger partial charge < -0.3 is 10.2 Å². The monoisotopic (exact) mass is 288 g/mol. The van der Waals surface area contributed by atoms with Crippen molar-refractivity contribution in [2.45, 2.75) is 52.5 Å². The van der Waals surface area contributed by atoms with Crippen molar-refractivity contribution in [3.63, 3.8) is 0 Å². The summed E-state index contributed by atoms with van der Waals surface area (Å²) < 4.78 is 0. The average Bonchev–Trinajstić information content (AvgIpc) is 2.96. The van der Waals surface area contributed by atoms with Crippen LogP contribution in [0.3, 0.4) is 0 Å². The second kappa shape index (κ2) is 7.48. The van der Waals surface area contributed by atoms with Crippen LogP contribution in [0.1, 0.15) is 56.8 Å². The van der Waals surface area contributed by atoms with E-state index in [0.717, 1.165) is 30.3 Å². The minimum absolute atomic E-state index is 0.126. The van der Waals surface area contributed by atoms with E-state index in [-0.39, 0.29) is 5.91 Å². The molecule has 1 aliphatic carbocycles. The van der Waals surface area contributed by atoms with Crippen LogP contribution in [0, 0.1) is 5.92 Å². The fraction of sp³-hybridized carbons (Fsp3) is 0.611. The number of carbonyl (C=O) groups is 1. The number of carbonyl (C=O) groups excluding carboxylic acids is 1. The second-order valence-electron chi connectivity index (χ2n) is 5.99. The normalized spacial score (nSPS) is 21.3. The summed E-state index contributed by atoms with van der Waals surface area (Å²) in [6, 6.07) is 8.52. The molecule has 3 nitrogen and oxygen atoms in total. The zero-order valence-electron chi connectivity index (χ0n) is 13.6. The first-order valence-corrected chi connectivity index (χ1v) is 8.33. The predicted octanol–water partition coefficient (Wildman–Crippen LogP) is 4.16. The van der Waals surface area contributed by atoms with Gasteiger partial charge in [0, 0.05) is 30.4 Å². The third-order valence-corrected chi connectivity index (χ3v) is 4.65. The van der Waals surface area contributed by atoms with Crippen LogP contribution >= 0.6 is 0 Å². The van der Waals surface area contributed by atoms with Crippen molar-refractivity contribution in [1.82, 2.24) is 4.90 Å². The zero-order chi connectivity index (χ0) is 15.2. The number of benzene rings is 1. The van der Waals surface area contributed by atoms with Gasteiger partial charge in [0.2, 0.25) is 0 Å². The van der Waals surface area contributed by atoms with E-state index in [2.05, 4.69) is 18.3 Å². The number of rotatable bonds is 6. The Labute approximate surface area is 128 Å². The van der Waals surface area contributed by atoms with E-state index in [1.54, 1.807) is 0 Å². The van der Waals surface area contributed by atoms with Crippen LogP contribution in [-0.4, -0.2) is 29.9 Å². The molecule has 1 aromatic rings. The molecule has 2 unspecified atom stereocenters. The van der Waals surface area contributed by atoms with Crippen molar-refractivity contribution in [2.24, 2.45) is 5.92 Å². The Balaban J connectivity index is 2.02. The summed E-state index contributed by atoms with van der Waals surface area (Å²) in [6.07, 6.45) is 5.10. The van der Waals surface area contributed by atoms with Gasteiger partial charge in [0.25, 0.3) is 5.91 Å². The van der Waals surface area contributed by atoms with E-state index in [1.165, 1.54) is 25.7 Å². The van der Waals surface area contributed by atoms with Crippen molar-refractivity contribution in [1.29, 1.82) is 0 Å². The molecule has 0 aliphatic heterocycles. The Morgan fingerprint density at radius 1 is 1.24 bits per heavy atom. The first kappa shape index (κ1) is 15.9. The summed E-state index contributed by atoms with van der Waals surface area (Å²) in [4.78, 5) is 14.3. The van der Waals surface area contributed by atoms with Crippen molar-refractivity contribution >= 4 is 11.6 Å². The molecule has 2 atom stereocenters. The highest BCUT2D eigenvalue weighted by Crippen LogP contribution is 2.30. The van der Waals surface area contributed by atoms with Crippen LogP contribution in [0.5, 0.6) is 0 Å². The first-order valence-electron chi connectivity index (χ1n) is 8.33. The molecule has 0 aromatic heterocycles. The highest BCUT2D eigenvalue weighted by atomic mass is 16.2. The summed E-state index contributed by atoms with van der Waals surface area (Å²) in [7, 11) is 0. The van der Waals surface area contributed by atoms with Crippen molar-refractivity contribution < 1.29 is 4.79 Å². The number of hydrogen-bond acceptors (Lipinski definition) is 2. The van der Waals surface area contributed by atoms with Crippen LogP contribution in [0.4, 0.5) is 5.69 Å². The maximum absolute atomic E-state index is 12.4. The van der Waals surface area contributed by atoms with E-state index in [0.29, 0.717) is 6.04 Å². The van der Waals surface area contributed by atoms with Gasteiger partial charge in [-0.2, -0.15) is 0 Å². The molecular formula is C18H28N2O. The summed E-state index contributed by atoms with van der Waals surface area (Å²) in [5.74, 6) is 0.990. The summed E-state index contributed by atoms with van der Waals surface area (Å²) in [6.45, 7) is 7.83. The third-order valence-electron chi connectivity index (χ3n) is 4.65. The second-order valence-corrected chi connectivity index (χ2v) is 5.99. The van der Waals surface area contributed by atoms with Crippen LogP contribution in [-0.2, 0) is 0 Å². The third kappa shape index (κ3) is 3.99. The van der Waals surface area contributed by atoms with Gasteiger partial charge in [-0.15, -0.1) is 0 Å². The summed E-state index contributed by atoms with van der Waals surface area (Å²) in [5.41, 5.74) is 1.86. The SMILES string of the molecule is CCC1CCC(Nc2cccc(C(=O)N(CC)CC)c2)C1. The van der Waals surface area contributed by atoms with Crippen molar-refractivity contribution in [2.75, 3.05) is 18.4 Å². The average molecular weight is 288 g/mol. The van der Waals surface area contributed by atoms with Crippen molar-refractivity contribution in [3.05, 3.63) is 29.8 Å². The van der Waals surface area contributed by atoms with Gasteiger partial charge in [0.15, 0.2) is 0 Å². The van der Waals surface area contributed by atoms with E-state index < -0.39 is 0 Å². The molecule has 3 heteroatoms. The molecule has 1 aliphatic rings. The molecule has 1 amide bonds. The van der Waals surface area contributed by atoms with Crippen LogP contribution in [0.25, 0.3) is 0 Å². The zero-order valence-corrected chi connectivity index (χ0v) is 13.6. The molecule has 0 radical (unpaired) electrons. The quantitative estimate of drug-likeness (QED) is 0.852. The molecule has 0 heterocycles. The van der Waals surface area contributed by atoms with E-state index in [9.17, 15) is 4.79 Å². The van der Waals surface area contributed by atoms with Crippen molar-refractivity contribution in [3.8, 4) is 0 Å². The minimum Gasteiger partial charge on any atom is -0.382 e. The number of hydrogen-bond donors (Lipinski definition) is 1. The molecule has 0 bridgehead atoms. The van der Waals surface area contributed by atoms with E-state index in [4.69, 9.17) is 0 Å². The summed E-state index contributed by atoms with van der Waals surface area (Å²) in [5, 5.41) is 3.60. The maximum Gasteiger partial charge on any atom is 0.253 e. The molecule has 21 heavy (non-hydrogen) atoms. The lowest BCUT2D eigenvalue weighted by atomic mass is 10.1. The number of nitrogens with zero attached hydrogens (tertiary/aromatic N) is 1. The van der Waals surface area contributed by atoms with Crippen LogP contribution in [0.15, 0.2) is 24.3 Å². The molecule has 1 aromatic carbocycles. The lowest BCUT2D eigenvalue weighted by molar-refractivity contribution is 0.0773. The lowest BCUT2D eigenvalue weighted by Gasteiger charge is -2.20. The Bertz CT molecular complexity index is 468. The van der Waals surface area contributed by atoms with Gasteiger partial charge in [-0.25, -0.2) is 0 Å². The van der Waals surface area contributed by atoms with Gasteiger partial charge in [-0.3, -0.25) is 4.79 Å². The number of nitrogens with one attached hydrogen (secondary N) is 1. The smallest absolute Gasteiger partial charge is 0.253 e. The number of anilines is 1. The van der Waals surface area contributed by atoms with Crippen LogP contribution in [0.2, 0.25) is 0 Å². The molecule has 0 spiro atoms. The summed E-state index contributed by atoms with van der Waals surface area (Å²) >= 11 is 0. The largest absolute Gasteiger partial charge is 0.382 e. The van der Waals surface area contributed by atoms with Gasteiger partial charge in [-0.05, 0) is 57.2 Å². The van der Waals surface area contributed by atoms with Gasteiger partial charge in [0.1, 0.15) is 0 Å². The van der Waals surface area contributed by atoms with Gasteiger partial charge in [0.05, 0.1) is 0 Å². The highest BCUT2D eigenvalue weighted by molar-refractivity contribution is 5.95. The Hall–Kier alpha value is -1.51. The molecular weight excluding hydrogens is 260 g/mol. The molecule has 1 saturated carbocycles. The molecule has 0 saturated heterocycles. The van der Waals surface area contributed by atoms with Gasteiger partial charge >= 0.3 is 0 Å². The molecule has 116 valence electrons. The Kier molecular flexibility index (Phi) is 5.66. The van der Waals surface area contributed by atoms with Crippen LogP contribution < -0.4 is 5.32 Å². The molecule has 1 fully saturated rings. The van der Waals surface area contributed by atoms with E-state index in [1.807, 2.05) is 36.9 Å². The molecule has 2 rings (SSSR count). The first-order chi connectivity index (χ1) is 10.2. The molecule has 1 N–H and O–H groups in total. The maximum atomic E-state index is 12.4. The number of amides is 1. The lowest BCUT2D eigenvalue weighted by Crippen LogP contribution is -2.30. The standard InChI is InChI=1S/C18H28N2O/c1-4-14-10-11-17(12-14)19-16-9-7-8-15(13-16)18(21)20(5-2)6-3/h7-9,13-14,17,19H,4-6,10-12H2,1-3H3.